The summed E-state index contributed by atoms with van der Waals surface area (Å²) in [6.07, 6.45) is 3.19. The van der Waals surface area contributed by atoms with Gasteiger partial charge in [0.05, 0.1) is 5.69 Å². The van der Waals surface area contributed by atoms with Crippen molar-refractivity contribution >= 4 is 11.8 Å². The zero-order valence-corrected chi connectivity index (χ0v) is 14.2. The molecule has 0 unspecified atom stereocenters. The topological polar surface area (TPSA) is 45.8 Å². The summed E-state index contributed by atoms with van der Waals surface area (Å²) in [6, 6.07) is 6.47. The predicted molar refractivity (Wildman–Crippen MR) is 93.9 cm³/mol. The van der Waals surface area contributed by atoms with Crippen molar-refractivity contribution in [2.45, 2.75) is 38.8 Å². The van der Waals surface area contributed by atoms with Crippen molar-refractivity contribution in [3.8, 4) is 0 Å². The molecule has 1 heterocycles. The second-order valence-corrected chi connectivity index (χ2v) is 6.43. The average Bonchev–Trinajstić information content (AvgIpc) is 2.44. The van der Waals surface area contributed by atoms with Gasteiger partial charge in [-0.1, -0.05) is 54.1 Å². The minimum atomic E-state index is -0.0246. The fraction of sp³-hybridized carbons (Fsp3) is 0.333. The third-order valence-electron chi connectivity index (χ3n) is 3.42. The lowest BCUT2D eigenvalue weighted by atomic mass is 10.0. The second-order valence-electron chi connectivity index (χ2n) is 5.42. The summed E-state index contributed by atoms with van der Waals surface area (Å²) in [5, 5.41) is 0.668. The summed E-state index contributed by atoms with van der Waals surface area (Å²) in [7, 11) is 0. The molecule has 2 rings (SSSR count). The highest BCUT2D eigenvalue weighted by molar-refractivity contribution is 7.99. The minimum absolute atomic E-state index is 0.0246. The van der Waals surface area contributed by atoms with E-state index in [0.717, 1.165) is 17.0 Å². The zero-order chi connectivity index (χ0) is 16.1. The molecular formula is C18H22N2OS. The second kappa shape index (κ2) is 7.45. The van der Waals surface area contributed by atoms with Gasteiger partial charge in [0.25, 0.3) is 5.56 Å². The maximum Gasteiger partial charge on any atom is 0.254 e. The molecule has 0 spiro atoms. The summed E-state index contributed by atoms with van der Waals surface area (Å²) in [5.41, 5.74) is 5.30. The molecule has 0 aliphatic carbocycles. The first-order valence-corrected chi connectivity index (χ1v) is 8.45. The van der Waals surface area contributed by atoms with Crippen LogP contribution in [-0.4, -0.2) is 15.7 Å². The van der Waals surface area contributed by atoms with Crippen LogP contribution < -0.4 is 5.56 Å². The molecule has 2 aromatic rings. The van der Waals surface area contributed by atoms with Gasteiger partial charge in [-0.05, 0) is 25.8 Å². The maximum atomic E-state index is 12.2. The third-order valence-corrected chi connectivity index (χ3v) is 4.29. The molecule has 1 N–H and O–H groups in total. The van der Waals surface area contributed by atoms with Gasteiger partial charge in [0.1, 0.15) is 0 Å². The first-order valence-electron chi connectivity index (χ1n) is 7.46. The number of rotatable bonds is 6. The smallest absolute Gasteiger partial charge is 0.254 e. The number of hydrogen-bond donors (Lipinski definition) is 1. The van der Waals surface area contributed by atoms with E-state index in [1.165, 1.54) is 28.5 Å². The van der Waals surface area contributed by atoms with Gasteiger partial charge in [0.2, 0.25) is 0 Å². The highest BCUT2D eigenvalue weighted by Crippen LogP contribution is 2.17. The van der Waals surface area contributed by atoms with E-state index in [2.05, 4.69) is 48.6 Å². The molecule has 0 saturated carbocycles. The average molecular weight is 314 g/mol. The highest BCUT2D eigenvalue weighted by atomic mass is 32.2. The Labute approximate surface area is 135 Å². The number of nitrogens with zero attached hydrogens (tertiary/aromatic N) is 1. The number of thioether (sulfide) groups is 1. The van der Waals surface area contributed by atoms with Gasteiger partial charge < -0.3 is 4.98 Å². The van der Waals surface area contributed by atoms with Crippen molar-refractivity contribution in [3.63, 3.8) is 0 Å². The molecule has 4 heteroatoms. The summed E-state index contributed by atoms with van der Waals surface area (Å²) in [6.45, 7) is 9.88. The van der Waals surface area contributed by atoms with Gasteiger partial charge in [0, 0.05) is 17.7 Å². The van der Waals surface area contributed by atoms with Crippen molar-refractivity contribution in [3.05, 3.63) is 69.2 Å². The van der Waals surface area contributed by atoms with Gasteiger partial charge in [-0.15, -0.1) is 6.58 Å². The Hall–Kier alpha value is -1.81. The van der Waals surface area contributed by atoms with Gasteiger partial charge in [0.15, 0.2) is 5.16 Å². The molecule has 3 nitrogen and oxygen atoms in total. The highest BCUT2D eigenvalue weighted by Gasteiger charge is 2.11. The lowest BCUT2D eigenvalue weighted by molar-refractivity contribution is 0.835. The number of nitrogens with one attached hydrogen (secondary N) is 1. The van der Waals surface area contributed by atoms with Crippen LogP contribution in [0.4, 0.5) is 0 Å². The lowest BCUT2D eigenvalue weighted by Crippen LogP contribution is -2.18. The molecule has 0 radical (unpaired) electrons. The number of H-pyrrole nitrogens is 1. The van der Waals surface area contributed by atoms with Crippen molar-refractivity contribution in [1.82, 2.24) is 9.97 Å². The number of aromatic nitrogens is 2. The molecule has 0 saturated heterocycles. The Kier molecular flexibility index (Phi) is 5.61. The number of aromatic amines is 1. The Morgan fingerprint density at radius 2 is 1.95 bits per heavy atom. The zero-order valence-electron chi connectivity index (χ0n) is 13.4. The Morgan fingerprint density at radius 3 is 2.55 bits per heavy atom. The quantitative estimate of drug-likeness (QED) is 0.501. The van der Waals surface area contributed by atoms with E-state index in [1.54, 1.807) is 0 Å². The van der Waals surface area contributed by atoms with Crippen LogP contribution in [0.2, 0.25) is 0 Å². The Balaban J connectivity index is 2.41. The lowest BCUT2D eigenvalue weighted by Gasteiger charge is -2.10. The van der Waals surface area contributed by atoms with E-state index < -0.39 is 0 Å². The van der Waals surface area contributed by atoms with Crippen molar-refractivity contribution in [2.24, 2.45) is 0 Å². The largest absolute Gasteiger partial charge is 0.301 e. The van der Waals surface area contributed by atoms with Crippen LogP contribution in [0.5, 0.6) is 0 Å². The molecule has 0 aliphatic rings. The molecule has 1 aromatic carbocycles. The van der Waals surface area contributed by atoms with Crippen LogP contribution in [0.3, 0.4) is 0 Å². The van der Waals surface area contributed by atoms with Crippen LogP contribution in [0.1, 0.15) is 34.9 Å². The standard InChI is InChI=1S/C18H22N2OS/c1-5-7-22-18-19-16(15(6-2)17(21)20-18)11-14-9-12(3)8-13(4)10-14/h5,8-10H,1,6-7,11H2,2-4H3,(H,19,20,21). The Bertz CT molecular complexity index is 714. The molecule has 0 atom stereocenters. The van der Waals surface area contributed by atoms with Gasteiger partial charge in [-0.25, -0.2) is 4.98 Å². The molecule has 116 valence electrons. The van der Waals surface area contributed by atoms with Gasteiger partial charge >= 0.3 is 0 Å². The van der Waals surface area contributed by atoms with Gasteiger partial charge in [-0.3, -0.25) is 4.79 Å². The van der Waals surface area contributed by atoms with E-state index in [9.17, 15) is 4.79 Å². The number of benzene rings is 1. The van der Waals surface area contributed by atoms with E-state index in [1.807, 2.05) is 13.0 Å². The van der Waals surface area contributed by atoms with Crippen LogP contribution in [0, 0.1) is 13.8 Å². The van der Waals surface area contributed by atoms with E-state index in [0.29, 0.717) is 18.0 Å². The van der Waals surface area contributed by atoms with E-state index in [-0.39, 0.29) is 5.56 Å². The number of aryl methyl sites for hydroxylation is 2. The fourth-order valence-electron chi connectivity index (χ4n) is 2.60. The molecular weight excluding hydrogens is 292 g/mol. The van der Waals surface area contributed by atoms with Crippen molar-refractivity contribution in [2.75, 3.05) is 5.75 Å². The van der Waals surface area contributed by atoms with Crippen LogP contribution >= 0.6 is 11.8 Å². The van der Waals surface area contributed by atoms with Crippen LogP contribution in [0.25, 0.3) is 0 Å². The molecule has 22 heavy (non-hydrogen) atoms. The number of hydrogen-bond acceptors (Lipinski definition) is 3. The first kappa shape index (κ1) is 16.6. The molecule has 0 fully saturated rings. The fourth-order valence-corrected chi connectivity index (χ4v) is 3.22. The van der Waals surface area contributed by atoms with Crippen molar-refractivity contribution in [1.29, 1.82) is 0 Å². The molecule has 0 amide bonds. The normalized spacial score (nSPS) is 10.7. The summed E-state index contributed by atoms with van der Waals surface area (Å²) >= 11 is 1.50. The molecule has 0 aliphatic heterocycles. The SMILES string of the molecule is C=CCSc1nc(Cc2cc(C)cc(C)c2)c(CC)c(=O)[nH]1. The summed E-state index contributed by atoms with van der Waals surface area (Å²) < 4.78 is 0. The molecule has 1 aromatic heterocycles. The van der Waals surface area contributed by atoms with Crippen LogP contribution in [-0.2, 0) is 12.8 Å². The molecule has 0 bridgehead atoms. The van der Waals surface area contributed by atoms with E-state index >= 15 is 0 Å². The van der Waals surface area contributed by atoms with Gasteiger partial charge in [-0.2, -0.15) is 0 Å². The maximum absolute atomic E-state index is 12.2. The van der Waals surface area contributed by atoms with E-state index in [4.69, 9.17) is 0 Å². The minimum Gasteiger partial charge on any atom is -0.301 e. The first-order chi connectivity index (χ1) is 10.5. The summed E-state index contributed by atoms with van der Waals surface area (Å²) in [4.78, 5) is 19.8. The summed E-state index contributed by atoms with van der Waals surface area (Å²) in [5.74, 6) is 0.734. The monoisotopic (exact) mass is 314 g/mol. The van der Waals surface area contributed by atoms with Crippen LogP contribution in [0.15, 0.2) is 40.8 Å². The predicted octanol–water partition coefficient (Wildman–Crippen LogP) is 3.82. The third kappa shape index (κ3) is 4.10. The Morgan fingerprint density at radius 1 is 1.27 bits per heavy atom. The van der Waals surface area contributed by atoms with Crippen molar-refractivity contribution < 1.29 is 0 Å².